The van der Waals surface area contributed by atoms with E-state index in [0.29, 0.717) is 23.1 Å². The number of hydrogen-bond acceptors (Lipinski definition) is 6. The number of ether oxygens (including phenoxy) is 1. The van der Waals surface area contributed by atoms with Crippen LogP contribution in [0.15, 0.2) is 48.5 Å². The fourth-order valence-electron chi connectivity index (χ4n) is 4.40. The summed E-state index contributed by atoms with van der Waals surface area (Å²) >= 11 is 5.79. The highest BCUT2D eigenvalue weighted by atomic mass is 32.1. The van der Waals surface area contributed by atoms with E-state index in [9.17, 15) is 9.59 Å². The number of methoxy groups -OCH3 is 1. The van der Waals surface area contributed by atoms with E-state index in [2.05, 4.69) is 22.2 Å². The van der Waals surface area contributed by atoms with Gasteiger partial charge in [-0.3, -0.25) is 19.4 Å². The molecular weight excluding hydrogens is 462 g/mol. The fraction of sp³-hybridized carbons (Fsp3) is 0.423. The second kappa shape index (κ2) is 11.2. The zero-order chi connectivity index (χ0) is 24.9. The van der Waals surface area contributed by atoms with Gasteiger partial charge < -0.3 is 19.9 Å². The quantitative estimate of drug-likeness (QED) is 0.565. The van der Waals surface area contributed by atoms with E-state index in [-0.39, 0.29) is 18.2 Å². The molecule has 0 bridgehead atoms. The lowest BCUT2D eigenvalue weighted by Crippen LogP contribution is -2.48. The third kappa shape index (κ3) is 5.98. The molecule has 2 amide bonds. The molecular formula is C26H33N5O3S. The third-order valence-corrected chi connectivity index (χ3v) is 7.03. The Kier molecular flexibility index (Phi) is 8.00. The number of amides is 2. The standard InChI is InChI=1S/C26H33N5O3S/c1-19-4-8-21(9-5-19)31-25(33)23(18-24(32)27-20-6-10-22(34-3)11-7-20)30(26(31)35)17-16-29-14-12-28(2)13-15-29/h4-11,23H,12-18H2,1-3H3,(H,27,32). The first kappa shape index (κ1) is 25.1. The molecule has 2 aliphatic rings. The molecule has 0 saturated carbocycles. The summed E-state index contributed by atoms with van der Waals surface area (Å²) in [4.78, 5) is 34.7. The summed E-state index contributed by atoms with van der Waals surface area (Å²) < 4.78 is 5.18. The molecule has 8 nitrogen and oxygen atoms in total. The summed E-state index contributed by atoms with van der Waals surface area (Å²) in [5.74, 6) is 0.317. The van der Waals surface area contributed by atoms with Gasteiger partial charge in [0.1, 0.15) is 11.8 Å². The summed E-state index contributed by atoms with van der Waals surface area (Å²) in [6.45, 7) is 7.39. The maximum absolute atomic E-state index is 13.6. The van der Waals surface area contributed by atoms with Gasteiger partial charge in [-0.25, -0.2) is 0 Å². The highest BCUT2D eigenvalue weighted by Gasteiger charge is 2.44. The normalized spacial score (nSPS) is 19.3. The molecule has 186 valence electrons. The molecule has 2 aliphatic heterocycles. The van der Waals surface area contributed by atoms with Crippen LogP contribution in [-0.4, -0.2) is 91.1 Å². The molecule has 1 unspecified atom stereocenters. The molecule has 2 aromatic rings. The van der Waals surface area contributed by atoms with Gasteiger partial charge in [0.25, 0.3) is 5.91 Å². The molecule has 0 spiro atoms. The highest BCUT2D eigenvalue weighted by Crippen LogP contribution is 2.28. The van der Waals surface area contributed by atoms with Crippen LogP contribution in [-0.2, 0) is 9.59 Å². The van der Waals surface area contributed by atoms with Crippen molar-refractivity contribution in [1.82, 2.24) is 14.7 Å². The maximum atomic E-state index is 13.6. The lowest BCUT2D eigenvalue weighted by molar-refractivity contribution is -0.124. The van der Waals surface area contributed by atoms with E-state index >= 15 is 0 Å². The second-order valence-electron chi connectivity index (χ2n) is 9.13. The van der Waals surface area contributed by atoms with E-state index in [1.165, 1.54) is 0 Å². The summed E-state index contributed by atoms with van der Waals surface area (Å²) in [6, 6.07) is 14.2. The summed E-state index contributed by atoms with van der Waals surface area (Å²) in [6.07, 6.45) is 0.0239. The van der Waals surface area contributed by atoms with Gasteiger partial charge in [-0.15, -0.1) is 0 Å². The maximum Gasteiger partial charge on any atom is 0.256 e. The Morgan fingerprint density at radius 2 is 1.69 bits per heavy atom. The van der Waals surface area contributed by atoms with Crippen LogP contribution in [0.25, 0.3) is 0 Å². The number of thiocarbonyl (C=S) groups is 1. The molecule has 0 aromatic heterocycles. The van der Waals surface area contributed by atoms with Gasteiger partial charge in [0.2, 0.25) is 5.91 Å². The molecule has 0 radical (unpaired) electrons. The molecule has 2 saturated heterocycles. The minimum Gasteiger partial charge on any atom is -0.497 e. The average molecular weight is 496 g/mol. The first-order valence-electron chi connectivity index (χ1n) is 11.9. The Morgan fingerprint density at radius 1 is 1.03 bits per heavy atom. The molecule has 0 aliphatic carbocycles. The Labute approximate surface area is 212 Å². The van der Waals surface area contributed by atoms with Crippen molar-refractivity contribution in [1.29, 1.82) is 0 Å². The fourth-order valence-corrected chi connectivity index (χ4v) is 4.82. The Hall–Kier alpha value is -3.01. The monoisotopic (exact) mass is 495 g/mol. The van der Waals surface area contributed by atoms with Gasteiger partial charge in [0.15, 0.2) is 5.11 Å². The summed E-state index contributed by atoms with van der Waals surface area (Å²) in [5, 5.41) is 3.35. The Bertz CT molecular complexity index is 1050. The van der Waals surface area contributed by atoms with Crippen molar-refractivity contribution in [3.05, 3.63) is 54.1 Å². The van der Waals surface area contributed by atoms with Crippen molar-refractivity contribution >= 4 is 40.5 Å². The van der Waals surface area contributed by atoms with E-state index in [1.54, 1.807) is 36.3 Å². The SMILES string of the molecule is COc1ccc(NC(=O)CC2C(=O)N(c3ccc(C)cc3)C(=S)N2CCN2CCN(C)CC2)cc1. The van der Waals surface area contributed by atoms with Crippen molar-refractivity contribution in [2.24, 2.45) is 0 Å². The van der Waals surface area contributed by atoms with Crippen molar-refractivity contribution in [3.8, 4) is 5.75 Å². The van der Waals surface area contributed by atoms with Crippen LogP contribution < -0.4 is 15.0 Å². The number of likely N-dealkylation sites (N-methyl/N-ethyl adjacent to an activating group) is 1. The van der Waals surface area contributed by atoms with Crippen LogP contribution >= 0.6 is 12.2 Å². The number of carbonyl (C=O) groups is 2. The molecule has 1 N–H and O–H groups in total. The zero-order valence-electron chi connectivity index (χ0n) is 20.6. The van der Waals surface area contributed by atoms with Crippen molar-refractivity contribution in [2.75, 3.05) is 63.6 Å². The predicted octanol–water partition coefficient (Wildman–Crippen LogP) is 2.58. The first-order valence-corrected chi connectivity index (χ1v) is 12.3. The minimum absolute atomic E-state index is 0.0239. The summed E-state index contributed by atoms with van der Waals surface area (Å²) in [7, 11) is 3.72. The number of carbonyl (C=O) groups excluding carboxylic acids is 2. The predicted molar refractivity (Wildman–Crippen MR) is 142 cm³/mol. The number of aryl methyl sites for hydroxylation is 1. The van der Waals surface area contributed by atoms with E-state index in [4.69, 9.17) is 17.0 Å². The third-order valence-electron chi connectivity index (χ3n) is 6.62. The number of anilines is 2. The number of benzene rings is 2. The van der Waals surface area contributed by atoms with Crippen LogP contribution in [0, 0.1) is 6.92 Å². The largest absolute Gasteiger partial charge is 0.497 e. The zero-order valence-corrected chi connectivity index (χ0v) is 21.4. The number of rotatable bonds is 8. The molecule has 4 rings (SSSR count). The lowest BCUT2D eigenvalue weighted by atomic mass is 10.1. The van der Waals surface area contributed by atoms with Gasteiger partial charge in [-0.1, -0.05) is 17.7 Å². The molecule has 35 heavy (non-hydrogen) atoms. The van der Waals surface area contributed by atoms with Crippen LogP contribution in [0.3, 0.4) is 0 Å². The topological polar surface area (TPSA) is 68.4 Å². The number of hydrogen-bond donors (Lipinski definition) is 1. The van der Waals surface area contributed by atoms with Gasteiger partial charge >= 0.3 is 0 Å². The van der Waals surface area contributed by atoms with Crippen molar-refractivity contribution in [2.45, 2.75) is 19.4 Å². The smallest absolute Gasteiger partial charge is 0.256 e. The van der Waals surface area contributed by atoms with E-state index in [0.717, 1.165) is 44.0 Å². The Balaban J connectivity index is 1.49. The van der Waals surface area contributed by atoms with Crippen LogP contribution in [0.5, 0.6) is 5.75 Å². The van der Waals surface area contributed by atoms with Gasteiger partial charge in [-0.2, -0.15) is 0 Å². The Morgan fingerprint density at radius 3 is 2.31 bits per heavy atom. The first-order chi connectivity index (χ1) is 16.9. The highest BCUT2D eigenvalue weighted by molar-refractivity contribution is 7.80. The van der Waals surface area contributed by atoms with E-state index < -0.39 is 6.04 Å². The molecule has 1 atom stereocenters. The van der Waals surface area contributed by atoms with E-state index in [1.807, 2.05) is 36.1 Å². The number of nitrogens with zero attached hydrogens (tertiary/aromatic N) is 4. The molecule has 2 fully saturated rings. The van der Waals surface area contributed by atoms with Gasteiger partial charge in [0, 0.05) is 45.0 Å². The van der Waals surface area contributed by atoms with Crippen molar-refractivity contribution in [3.63, 3.8) is 0 Å². The van der Waals surface area contributed by atoms with Gasteiger partial charge in [-0.05, 0) is 62.6 Å². The van der Waals surface area contributed by atoms with Crippen LogP contribution in [0.4, 0.5) is 11.4 Å². The van der Waals surface area contributed by atoms with Crippen molar-refractivity contribution < 1.29 is 14.3 Å². The summed E-state index contributed by atoms with van der Waals surface area (Å²) in [5.41, 5.74) is 2.49. The van der Waals surface area contributed by atoms with Crippen LogP contribution in [0.1, 0.15) is 12.0 Å². The number of nitrogens with one attached hydrogen (secondary N) is 1. The lowest BCUT2D eigenvalue weighted by Gasteiger charge is -2.34. The molecule has 2 heterocycles. The second-order valence-corrected chi connectivity index (χ2v) is 9.49. The molecule has 2 aromatic carbocycles. The molecule has 9 heteroatoms. The minimum atomic E-state index is -0.644. The van der Waals surface area contributed by atoms with Gasteiger partial charge in [0.05, 0.1) is 19.2 Å². The van der Waals surface area contributed by atoms with Crippen LogP contribution in [0.2, 0.25) is 0 Å². The average Bonchev–Trinajstić information content (AvgIpc) is 3.08. The number of piperazine rings is 1.